The van der Waals surface area contributed by atoms with Crippen molar-refractivity contribution in [2.24, 2.45) is 0 Å². The fraction of sp³-hybridized carbons (Fsp3) is 0.385. The number of hydrogen-bond donors (Lipinski definition) is 1. The first kappa shape index (κ1) is 13.1. The van der Waals surface area contributed by atoms with E-state index in [9.17, 15) is 13.2 Å². The van der Waals surface area contributed by atoms with E-state index in [-0.39, 0.29) is 0 Å². The van der Waals surface area contributed by atoms with Gasteiger partial charge in [0.25, 0.3) is 0 Å². The largest absolute Gasteiger partial charge is 0.419 e. The van der Waals surface area contributed by atoms with Crippen molar-refractivity contribution in [2.45, 2.75) is 31.6 Å². The Kier molecular flexibility index (Phi) is 3.21. The molecule has 1 saturated carbocycles. The molecule has 0 aliphatic heterocycles. The molecule has 0 saturated heterocycles. The van der Waals surface area contributed by atoms with Gasteiger partial charge in [0.05, 0.1) is 11.8 Å². The highest BCUT2D eigenvalue weighted by atomic mass is 19.4. The molecule has 2 aromatic heterocycles. The Bertz CT molecular complexity index is 602. The average molecular weight is 282 g/mol. The van der Waals surface area contributed by atoms with Crippen molar-refractivity contribution < 1.29 is 13.2 Å². The first-order valence-electron chi connectivity index (χ1n) is 6.33. The molecule has 4 nitrogen and oxygen atoms in total. The summed E-state index contributed by atoms with van der Waals surface area (Å²) in [6, 6.07) is 4.16. The minimum absolute atomic E-state index is 0.385. The SMILES string of the molecule is FC(F)(F)c1cnn(-c2cc(CNC3CC3)ccn2)c1. The van der Waals surface area contributed by atoms with Gasteiger partial charge in [0.1, 0.15) is 0 Å². The molecule has 0 bridgehead atoms. The molecule has 1 aliphatic carbocycles. The molecule has 0 amide bonds. The third kappa shape index (κ3) is 2.98. The van der Waals surface area contributed by atoms with Gasteiger partial charge in [-0.2, -0.15) is 18.3 Å². The maximum Gasteiger partial charge on any atom is 0.419 e. The van der Waals surface area contributed by atoms with Crippen LogP contribution in [0.25, 0.3) is 5.82 Å². The summed E-state index contributed by atoms with van der Waals surface area (Å²) in [5.41, 5.74) is 0.201. The minimum Gasteiger partial charge on any atom is -0.310 e. The molecule has 1 fully saturated rings. The molecule has 106 valence electrons. The molecule has 2 aromatic rings. The summed E-state index contributed by atoms with van der Waals surface area (Å²) in [5, 5.41) is 7.06. The van der Waals surface area contributed by atoms with Crippen LogP contribution in [0.2, 0.25) is 0 Å². The van der Waals surface area contributed by atoms with Gasteiger partial charge in [-0.3, -0.25) is 0 Å². The minimum atomic E-state index is -4.39. The topological polar surface area (TPSA) is 42.7 Å². The zero-order valence-electron chi connectivity index (χ0n) is 10.6. The molecule has 0 aromatic carbocycles. The van der Waals surface area contributed by atoms with E-state index >= 15 is 0 Å². The van der Waals surface area contributed by atoms with Gasteiger partial charge in [-0.1, -0.05) is 0 Å². The van der Waals surface area contributed by atoms with Gasteiger partial charge in [0, 0.05) is 25.0 Å². The van der Waals surface area contributed by atoms with Crippen molar-refractivity contribution >= 4 is 0 Å². The number of aromatic nitrogens is 3. The Balaban J connectivity index is 1.78. The number of rotatable bonds is 4. The molecular formula is C13H13F3N4. The van der Waals surface area contributed by atoms with Gasteiger partial charge < -0.3 is 5.32 Å². The fourth-order valence-corrected chi connectivity index (χ4v) is 1.84. The van der Waals surface area contributed by atoms with Crippen LogP contribution in [0, 0.1) is 0 Å². The maximum absolute atomic E-state index is 12.5. The highest BCUT2D eigenvalue weighted by Gasteiger charge is 2.32. The highest BCUT2D eigenvalue weighted by molar-refractivity contribution is 5.28. The van der Waals surface area contributed by atoms with Crippen molar-refractivity contribution in [1.82, 2.24) is 20.1 Å². The third-order valence-electron chi connectivity index (χ3n) is 3.13. The lowest BCUT2D eigenvalue weighted by molar-refractivity contribution is -0.137. The molecule has 1 aliphatic rings. The molecule has 7 heteroatoms. The van der Waals surface area contributed by atoms with Crippen molar-refractivity contribution in [1.29, 1.82) is 0 Å². The maximum atomic E-state index is 12.5. The molecular weight excluding hydrogens is 269 g/mol. The Morgan fingerprint density at radius 2 is 2.15 bits per heavy atom. The van der Waals surface area contributed by atoms with Crippen molar-refractivity contribution in [2.75, 3.05) is 0 Å². The lowest BCUT2D eigenvalue weighted by Crippen LogP contribution is -2.15. The van der Waals surface area contributed by atoms with Crippen LogP contribution in [0.15, 0.2) is 30.7 Å². The summed E-state index contributed by atoms with van der Waals surface area (Å²) in [6.45, 7) is 0.688. The number of hydrogen-bond acceptors (Lipinski definition) is 3. The number of pyridine rings is 1. The molecule has 0 atom stereocenters. The van der Waals surface area contributed by atoms with Crippen molar-refractivity contribution in [3.63, 3.8) is 0 Å². The van der Waals surface area contributed by atoms with Crippen LogP contribution >= 0.6 is 0 Å². The van der Waals surface area contributed by atoms with Crippen LogP contribution in [0.1, 0.15) is 24.0 Å². The Morgan fingerprint density at radius 1 is 1.35 bits per heavy atom. The van der Waals surface area contributed by atoms with Crippen molar-refractivity contribution in [3.8, 4) is 5.82 Å². The summed E-state index contributed by atoms with van der Waals surface area (Å²) < 4.78 is 38.7. The fourth-order valence-electron chi connectivity index (χ4n) is 1.84. The third-order valence-corrected chi connectivity index (χ3v) is 3.13. The molecule has 2 heterocycles. The monoisotopic (exact) mass is 282 g/mol. The van der Waals surface area contributed by atoms with E-state index < -0.39 is 11.7 Å². The zero-order chi connectivity index (χ0) is 14.2. The van der Waals surface area contributed by atoms with Crippen LogP contribution in [-0.2, 0) is 12.7 Å². The van der Waals surface area contributed by atoms with Crippen LogP contribution in [0.3, 0.4) is 0 Å². The second-order valence-electron chi connectivity index (χ2n) is 4.85. The van der Waals surface area contributed by atoms with E-state index in [0.29, 0.717) is 18.4 Å². The Labute approximate surface area is 113 Å². The predicted molar refractivity (Wildman–Crippen MR) is 66.2 cm³/mol. The molecule has 20 heavy (non-hydrogen) atoms. The van der Waals surface area contributed by atoms with Gasteiger partial charge >= 0.3 is 6.18 Å². The lowest BCUT2D eigenvalue weighted by Gasteiger charge is -2.05. The average Bonchev–Trinajstić information content (AvgIpc) is 3.09. The van der Waals surface area contributed by atoms with E-state index in [4.69, 9.17) is 0 Å². The summed E-state index contributed by atoms with van der Waals surface area (Å²) in [7, 11) is 0. The quantitative estimate of drug-likeness (QED) is 0.937. The summed E-state index contributed by atoms with van der Waals surface area (Å²) in [6.07, 6.45) is 1.31. The molecule has 0 radical (unpaired) electrons. The van der Waals surface area contributed by atoms with E-state index in [2.05, 4.69) is 15.4 Å². The van der Waals surface area contributed by atoms with Crippen LogP contribution < -0.4 is 5.32 Å². The number of halogens is 3. The second-order valence-corrected chi connectivity index (χ2v) is 4.85. The highest BCUT2D eigenvalue weighted by Crippen LogP contribution is 2.29. The summed E-state index contributed by atoms with van der Waals surface area (Å²) >= 11 is 0. The molecule has 0 spiro atoms. The van der Waals surface area contributed by atoms with E-state index in [1.807, 2.05) is 6.07 Å². The Morgan fingerprint density at radius 3 is 2.80 bits per heavy atom. The zero-order valence-corrected chi connectivity index (χ0v) is 10.6. The van der Waals surface area contributed by atoms with Crippen molar-refractivity contribution in [3.05, 3.63) is 41.9 Å². The van der Waals surface area contributed by atoms with Gasteiger partial charge in [0.15, 0.2) is 5.82 Å². The van der Waals surface area contributed by atoms with Gasteiger partial charge in [-0.15, -0.1) is 0 Å². The van der Waals surface area contributed by atoms with E-state index in [1.165, 1.54) is 12.8 Å². The standard InChI is InChI=1S/C13H13F3N4/c14-13(15,16)10-7-19-20(8-10)12-5-9(3-4-17-12)6-18-11-1-2-11/h3-5,7-8,11,18H,1-2,6H2. The Hall–Kier alpha value is -1.89. The number of nitrogens with one attached hydrogen (secondary N) is 1. The molecule has 1 N–H and O–H groups in total. The summed E-state index contributed by atoms with van der Waals surface area (Å²) in [4.78, 5) is 4.05. The van der Waals surface area contributed by atoms with Gasteiger partial charge in [-0.05, 0) is 30.5 Å². The van der Waals surface area contributed by atoms with Crippen LogP contribution in [0.4, 0.5) is 13.2 Å². The van der Waals surface area contributed by atoms with Crippen LogP contribution in [0.5, 0.6) is 0 Å². The number of nitrogens with zero attached hydrogens (tertiary/aromatic N) is 3. The lowest BCUT2D eigenvalue weighted by atomic mass is 10.2. The van der Waals surface area contributed by atoms with Gasteiger partial charge in [0.2, 0.25) is 0 Å². The van der Waals surface area contributed by atoms with E-state index in [0.717, 1.165) is 22.6 Å². The normalized spacial score (nSPS) is 15.6. The first-order chi connectivity index (χ1) is 9.52. The molecule has 0 unspecified atom stereocenters. The van der Waals surface area contributed by atoms with Crippen LogP contribution in [-0.4, -0.2) is 20.8 Å². The van der Waals surface area contributed by atoms with E-state index in [1.54, 1.807) is 12.3 Å². The smallest absolute Gasteiger partial charge is 0.310 e. The van der Waals surface area contributed by atoms with Gasteiger partial charge in [-0.25, -0.2) is 9.67 Å². The molecule has 3 rings (SSSR count). The second kappa shape index (κ2) is 4.90. The predicted octanol–water partition coefficient (Wildman–Crippen LogP) is 2.54. The summed E-state index contributed by atoms with van der Waals surface area (Å²) in [5.74, 6) is 0.385. The first-order valence-corrected chi connectivity index (χ1v) is 6.33. The number of alkyl halides is 3.